The van der Waals surface area contributed by atoms with Gasteiger partial charge in [0.1, 0.15) is 5.60 Å². The number of hydrogen-bond donors (Lipinski definition) is 1. The maximum absolute atomic E-state index is 12.4. The molecule has 2 fully saturated rings. The van der Waals surface area contributed by atoms with E-state index >= 15 is 0 Å². The van der Waals surface area contributed by atoms with Crippen LogP contribution in [-0.4, -0.2) is 60.5 Å². The Labute approximate surface area is 141 Å². The third-order valence-electron chi connectivity index (χ3n) is 4.33. The molecule has 3 heterocycles. The molecule has 2 amide bonds. The summed E-state index contributed by atoms with van der Waals surface area (Å²) in [5, 5.41) is 4.09. The number of urea groups is 1. The van der Waals surface area contributed by atoms with Crippen LogP contribution < -0.4 is 5.32 Å². The number of carbonyl (C=O) groups is 1. The first-order valence-corrected chi connectivity index (χ1v) is 9.14. The lowest BCUT2D eigenvalue weighted by Crippen LogP contribution is -2.59. The van der Waals surface area contributed by atoms with E-state index < -0.39 is 0 Å². The third kappa shape index (κ3) is 4.02. The minimum absolute atomic E-state index is 0.0151. The fourth-order valence-corrected chi connectivity index (χ4v) is 4.06. The molecule has 0 bridgehead atoms. The van der Waals surface area contributed by atoms with Crippen molar-refractivity contribution in [2.24, 2.45) is 0 Å². The summed E-state index contributed by atoms with van der Waals surface area (Å²) in [6.45, 7) is 7.30. The number of nitrogens with zero attached hydrogens (tertiary/aromatic N) is 2. The van der Waals surface area contributed by atoms with Crippen molar-refractivity contribution < 1.29 is 14.3 Å². The Hall–Kier alpha value is -1.18. The van der Waals surface area contributed by atoms with Crippen LogP contribution in [0.15, 0.2) is 6.20 Å². The summed E-state index contributed by atoms with van der Waals surface area (Å²) in [6.07, 6.45) is 4.63. The Bertz CT molecular complexity index is 542. The fourth-order valence-electron chi connectivity index (χ4n) is 3.20. The number of rotatable bonds is 4. The largest absolute Gasteiger partial charge is 0.378 e. The summed E-state index contributed by atoms with van der Waals surface area (Å²) < 4.78 is 11.5. The molecule has 2 aliphatic heterocycles. The van der Waals surface area contributed by atoms with Crippen LogP contribution in [0.3, 0.4) is 0 Å². The van der Waals surface area contributed by atoms with Gasteiger partial charge in [-0.25, -0.2) is 9.78 Å². The maximum Gasteiger partial charge on any atom is 0.317 e. The molecule has 1 aromatic heterocycles. The van der Waals surface area contributed by atoms with Gasteiger partial charge in [0.25, 0.3) is 0 Å². The van der Waals surface area contributed by atoms with Gasteiger partial charge in [-0.15, -0.1) is 11.3 Å². The maximum atomic E-state index is 12.4. The van der Waals surface area contributed by atoms with E-state index in [1.165, 1.54) is 4.88 Å². The second kappa shape index (κ2) is 7.15. The standard InChI is InChI=1S/C16H25N3O3S/c1-3-13-8-18-14(23-13)4-6-17-15(20)19-9-12(2)22-16(10-19)5-7-21-11-16/h8,12H,3-7,9-11H2,1-2H3,(H,17,20)/t12-,16+/m0/s1. The number of carbonyl (C=O) groups excluding carboxylic acids is 1. The van der Waals surface area contributed by atoms with Gasteiger partial charge in [0, 0.05) is 43.6 Å². The topological polar surface area (TPSA) is 63.7 Å². The summed E-state index contributed by atoms with van der Waals surface area (Å²) in [5.41, 5.74) is -0.305. The first-order chi connectivity index (χ1) is 11.1. The van der Waals surface area contributed by atoms with E-state index in [0.29, 0.717) is 32.8 Å². The van der Waals surface area contributed by atoms with Gasteiger partial charge >= 0.3 is 6.03 Å². The number of aryl methyl sites for hydroxylation is 1. The molecular formula is C16H25N3O3S. The highest BCUT2D eigenvalue weighted by molar-refractivity contribution is 7.11. The predicted molar refractivity (Wildman–Crippen MR) is 88.9 cm³/mol. The van der Waals surface area contributed by atoms with Crippen molar-refractivity contribution in [2.75, 3.05) is 32.8 Å². The molecule has 0 aromatic carbocycles. The molecule has 0 saturated carbocycles. The van der Waals surface area contributed by atoms with Gasteiger partial charge in [-0.05, 0) is 13.3 Å². The molecule has 1 N–H and O–H groups in total. The molecule has 0 aliphatic carbocycles. The van der Waals surface area contributed by atoms with Gasteiger partial charge < -0.3 is 19.7 Å². The van der Waals surface area contributed by atoms with Gasteiger partial charge in [0.05, 0.1) is 24.3 Å². The lowest BCUT2D eigenvalue weighted by Gasteiger charge is -2.42. The fraction of sp³-hybridized carbons (Fsp3) is 0.750. The normalized spacial score (nSPS) is 27.6. The van der Waals surface area contributed by atoms with E-state index in [0.717, 1.165) is 24.3 Å². The van der Waals surface area contributed by atoms with E-state index in [2.05, 4.69) is 17.2 Å². The number of aromatic nitrogens is 1. The van der Waals surface area contributed by atoms with E-state index in [4.69, 9.17) is 9.47 Å². The van der Waals surface area contributed by atoms with Crippen LogP contribution in [0.25, 0.3) is 0 Å². The highest BCUT2D eigenvalue weighted by Gasteiger charge is 2.43. The van der Waals surface area contributed by atoms with Crippen molar-refractivity contribution in [1.29, 1.82) is 0 Å². The molecule has 0 unspecified atom stereocenters. The first-order valence-electron chi connectivity index (χ1n) is 8.32. The van der Waals surface area contributed by atoms with E-state index in [-0.39, 0.29) is 17.7 Å². The zero-order valence-corrected chi connectivity index (χ0v) is 14.7. The number of hydrogen-bond acceptors (Lipinski definition) is 5. The van der Waals surface area contributed by atoms with Gasteiger partial charge in [-0.3, -0.25) is 0 Å². The van der Waals surface area contributed by atoms with Crippen molar-refractivity contribution in [3.63, 3.8) is 0 Å². The average Bonchev–Trinajstić information content (AvgIpc) is 3.16. The van der Waals surface area contributed by atoms with Crippen LogP contribution in [0.2, 0.25) is 0 Å². The van der Waals surface area contributed by atoms with Crippen LogP contribution in [0.4, 0.5) is 4.79 Å². The van der Waals surface area contributed by atoms with Gasteiger partial charge in [-0.2, -0.15) is 0 Å². The summed E-state index contributed by atoms with van der Waals surface area (Å²) in [4.78, 5) is 20.0. The molecule has 2 aliphatic rings. The highest BCUT2D eigenvalue weighted by atomic mass is 32.1. The quantitative estimate of drug-likeness (QED) is 0.909. The zero-order chi connectivity index (χ0) is 16.3. The minimum Gasteiger partial charge on any atom is -0.378 e. The highest BCUT2D eigenvalue weighted by Crippen LogP contribution is 2.29. The van der Waals surface area contributed by atoms with Crippen LogP contribution >= 0.6 is 11.3 Å². The van der Waals surface area contributed by atoms with Crippen LogP contribution in [0, 0.1) is 0 Å². The number of morpholine rings is 1. The van der Waals surface area contributed by atoms with Crippen molar-refractivity contribution in [1.82, 2.24) is 15.2 Å². The molecular weight excluding hydrogens is 314 g/mol. The minimum atomic E-state index is -0.305. The molecule has 1 spiro atoms. The summed E-state index contributed by atoms with van der Waals surface area (Å²) in [6, 6.07) is -0.0151. The second-order valence-corrected chi connectivity index (χ2v) is 7.55. The van der Waals surface area contributed by atoms with Crippen LogP contribution in [-0.2, 0) is 22.3 Å². The zero-order valence-electron chi connectivity index (χ0n) is 13.8. The molecule has 3 rings (SSSR count). The predicted octanol–water partition coefficient (Wildman–Crippen LogP) is 1.84. The van der Waals surface area contributed by atoms with Gasteiger partial charge in [0.2, 0.25) is 0 Å². The van der Waals surface area contributed by atoms with Crippen LogP contribution in [0.5, 0.6) is 0 Å². The monoisotopic (exact) mass is 339 g/mol. The second-order valence-electron chi connectivity index (χ2n) is 6.35. The van der Waals surface area contributed by atoms with Crippen molar-refractivity contribution >= 4 is 17.4 Å². The van der Waals surface area contributed by atoms with E-state index in [9.17, 15) is 4.79 Å². The lowest BCUT2D eigenvalue weighted by molar-refractivity contribution is -0.137. The molecule has 2 atom stereocenters. The molecule has 0 radical (unpaired) electrons. The average molecular weight is 339 g/mol. The Morgan fingerprint density at radius 1 is 1.61 bits per heavy atom. The molecule has 128 valence electrons. The summed E-state index contributed by atoms with van der Waals surface area (Å²) in [5.74, 6) is 0. The third-order valence-corrected chi connectivity index (χ3v) is 5.53. The smallest absolute Gasteiger partial charge is 0.317 e. The van der Waals surface area contributed by atoms with E-state index in [1.807, 2.05) is 18.0 Å². The Morgan fingerprint density at radius 2 is 2.48 bits per heavy atom. The van der Waals surface area contributed by atoms with Gasteiger partial charge in [0.15, 0.2) is 0 Å². The first kappa shape index (κ1) is 16.7. The van der Waals surface area contributed by atoms with E-state index in [1.54, 1.807) is 11.3 Å². The van der Waals surface area contributed by atoms with Crippen molar-refractivity contribution in [3.8, 4) is 0 Å². The molecule has 2 saturated heterocycles. The van der Waals surface area contributed by atoms with Crippen molar-refractivity contribution in [2.45, 2.75) is 44.8 Å². The number of ether oxygens (including phenoxy) is 2. The Kier molecular flexibility index (Phi) is 5.18. The molecule has 6 nitrogen and oxygen atoms in total. The SMILES string of the molecule is CCc1cnc(CCNC(=O)N2C[C@H](C)O[C@]3(CCOC3)C2)s1. The van der Waals surface area contributed by atoms with Crippen LogP contribution in [0.1, 0.15) is 30.2 Å². The number of amides is 2. The summed E-state index contributed by atoms with van der Waals surface area (Å²) in [7, 11) is 0. The molecule has 7 heteroatoms. The molecule has 23 heavy (non-hydrogen) atoms. The molecule has 1 aromatic rings. The van der Waals surface area contributed by atoms with Gasteiger partial charge in [-0.1, -0.05) is 6.92 Å². The number of thiazole rings is 1. The Morgan fingerprint density at radius 3 is 3.17 bits per heavy atom. The van der Waals surface area contributed by atoms with Crippen molar-refractivity contribution in [3.05, 3.63) is 16.1 Å². The summed E-state index contributed by atoms with van der Waals surface area (Å²) >= 11 is 1.72. The lowest BCUT2D eigenvalue weighted by atomic mass is 9.99. The number of nitrogens with one attached hydrogen (secondary N) is 1. The Balaban J connectivity index is 1.49.